The van der Waals surface area contributed by atoms with Crippen LogP contribution in [-0.4, -0.2) is 54.4 Å². The van der Waals surface area contributed by atoms with Crippen molar-refractivity contribution in [1.82, 2.24) is 14.9 Å². The van der Waals surface area contributed by atoms with E-state index in [1.807, 2.05) is 24.3 Å². The molecule has 35 heavy (non-hydrogen) atoms. The number of carbonyl (C=O) groups is 1. The van der Waals surface area contributed by atoms with Crippen LogP contribution in [0.4, 0.5) is 5.69 Å². The van der Waals surface area contributed by atoms with Gasteiger partial charge < -0.3 is 24.5 Å². The second kappa shape index (κ2) is 11.3. The average Bonchev–Trinajstić information content (AvgIpc) is 2.87. The van der Waals surface area contributed by atoms with Crippen molar-refractivity contribution in [3.05, 3.63) is 69.6 Å². The molecule has 1 aromatic heterocycles. The smallest absolute Gasteiger partial charge is 0.256 e. The monoisotopic (exact) mass is 496 g/mol. The fourth-order valence-corrected chi connectivity index (χ4v) is 4.58. The number of nitrogens with zero attached hydrogens (tertiary/aromatic N) is 2. The van der Waals surface area contributed by atoms with Gasteiger partial charge in [0.15, 0.2) is 5.16 Å². The number of benzene rings is 2. The number of aromatic amines is 1. The van der Waals surface area contributed by atoms with Gasteiger partial charge in [0.2, 0.25) is 5.91 Å². The number of rotatable bonds is 9. The summed E-state index contributed by atoms with van der Waals surface area (Å²) >= 11 is 1.19. The number of anilines is 1. The van der Waals surface area contributed by atoms with Gasteiger partial charge in [-0.1, -0.05) is 23.9 Å². The molecular weight excluding hydrogens is 468 g/mol. The number of aromatic nitrogens is 2. The number of nitrogens with one attached hydrogen (secondary N) is 2. The number of amides is 1. The van der Waals surface area contributed by atoms with Gasteiger partial charge >= 0.3 is 0 Å². The Hall–Kier alpha value is -3.50. The summed E-state index contributed by atoms with van der Waals surface area (Å²) in [5.41, 5.74) is 3.00. The molecule has 184 valence electrons. The third-order valence-electron chi connectivity index (χ3n) is 5.64. The first-order valence-corrected chi connectivity index (χ1v) is 12.1. The van der Waals surface area contributed by atoms with Gasteiger partial charge in [-0.05, 0) is 17.7 Å². The average molecular weight is 497 g/mol. The van der Waals surface area contributed by atoms with Crippen LogP contribution in [0.2, 0.25) is 0 Å². The van der Waals surface area contributed by atoms with Crippen molar-refractivity contribution in [3.8, 4) is 17.2 Å². The first-order chi connectivity index (χ1) is 17.0. The second-order valence-corrected chi connectivity index (χ2v) is 9.01. The number of fused-ring (bicyclic) bond motifs is 1. The molecule has 0 fully saturated rings. The van der Waals surface area contributed by atoms with E-state index in [1.165, 1.54) is 11.8 Å². The van der Waals surface area contributed by atoms with Gasteiger partial charge in [-0.3, -0.25) is 14.5 Å². The Kier molecular flexibility index (Phi) is 7.94. The van der Waals surface area contributed by atoms with E-state index in [2.05, 4.69) is 20.2 Å². The highest BCUT2D eigenvalue weighted by molar-refractivity contribution is 7.99. The lowest BCUT2D eigenvalue weighted by Gasteiger charge is -2.27. The van der Waals surface area contributed by atoms with Gasteiger partial charge in [0.05, 0.1) is 38.3 Å². The Morgan fingerprint density at radius 3 is 2.54 bits per heavy atom. The lowest BCUT2D eigenvalue weighted by atomic mass is 10.1. The molecule has 9 nitrogen and oxygen atoms in total. The lowest BCUT2D eigenvalue weighted by Crippen LogP contribution is -2.35. The summed E-state index contributed by atoms with van der Waals surface area (Å²) in [6.45, 7) is 2.04. The molecule has 3 aromatic rings. The predicted octanol–water partition coefficient (Wildman–Crippen LogP) is 3.08. The summed E-state index contributed by atoms with van der Waals surface area (Å²) in [5.74, 6) is 1.84. The van der Waals surface area contributed by atoms with E-state index in [4.69, 9.17) is 14.2 Å². The van der Waals surface area contributed by atoms with E-state index < -0.39 is 0 Å². The van der Waals surface area contributed by atoms with E-state index >= 15 is 0 Å². The van der Waals surface area contributed by atoms with Crippen molar-refractivity contribution in [3.63, 3.8) is 0 Å². The first-order valence-electron chi connectivity index (χ1n) is 11.1. The Balaban J connectivity index is 1.37. The topological polar surface area (TPSA) is 106 Å². The maximum Gasteiger partial charge on any atom is 0.256 e. The number of H-pyrrole nitrogens is 1. The fourth-order valence-electron chi connectivity index (χ4n) is 3.90. The molecule has 0 spiro atoms. The van der Waals surface area contributed by atoms with E-state index in [0.29, 0.717) is 40.9 Å². The van der Waals surface area contributed by atoms with Crippen LogP contribution < -0.4 is 25.1 Å². The lowest BCUT2D eigenvalue weighted by molar-refractivity contribution is -0.113. The van der Waals surface area contributed by atoms with Gasteiger partial charge in [-0.25, -0.2) is 4.98 Å². The molecule has 2 N–H and O–H groups in total. The van der Waals surface area contributed by atoms with Crippen molar-refractivity contribution in [2.45, 2.75) is 24.7 Å². The summed E-state index contributed by atoms with van der Waals surface area (Å²) in [4.78, 5) is 34.9. The Labute approximate surface area is 207 Å². The highest BCUT2D eigenvalue weighted by atomic mass is 32.2. The molecule has 0 radical (unpaired) electrons. The molecule has 1 aliphatic rings. The number of hydrogen-bond donors (Lipinski definition) is 2. The quantitative estimate of drug-likeness (QED) is 0.344. The molecule has 2 aromatic carbocycles. The Bertz CT molecular complexity index is 1240. The minimum Gasteiger partial charge on any atom is -0.497 e. The molecule has 0 bridgehead atoms. The molecule has 0 aliphatic carbocycles. The van der Waals surface area contributed by atoms with Crippen LogP contribution >= 0.6 is 11.8 Å². The molecule has 0 atom stereocenters. The van der Waals surface area contributed by atoms with Gasteiger partial charge in [0, 0.05) is 49.9 Å². The van der Waals surface area contributed by atoms with Crippen LogP contribution in [0.3, 0.4) is 0 Å². The molecule has 0 unspecified atom stereocenters. The van der Waals surface area contributed by atoms with E-state index in [0.717, 1.165) is 30.1 Å². The molecule has 0 saturated heterocycles. The third kappa shape index (κ3) is 6.34. The maximum absolute atomic E-state index is 12.8. The molecule has 1 amide bonds. The normalized spacial score (nSPS) is 13.1. The highest BCUT2D eigenvalue weighted by Gasteiger charge is 2.22. The van der Waals surface area contributed by atoms with Crippen LogP contribution in [0.15, 0.2) is 52.4 Å². The summed E-state index contributed by atoms with van der Waals surface area (Å²) in [7, 11) is 4.75. The molecule has 10 heteroatoms. The summed E-state index contributed by atoms with van der Waals surface area (Å²) in [6, 6.07) is 13.1. The van der Waals surface area contributed by atoms with E-state index in [-0.39, 0.29) is 17.2 Å². The van der Waals surface area contributed by atoms with Crippen molar-refractivity contribution >= 4 is 23.4 Å². The Morgan fingerprint density at radius 1 is 1.09 bits per heavy atom. The van der Waals surface area contributed by atoms with Crippen molar-refractivity contribution in [2.24, 2.45) is 0 Å². The minimum absolute atomic E-state index is 0.100. The van der Waals surface area contributed by atoms with Gasteiger partial charge in [0.1, 0.15) is 17.2 Å². The van der Waals surface area contributed by atoms with Crippen LogP contribution in [0, 0.1) is 0 Å². The third-order valence-corrected chi connectivity index (χ3v) is 6.51. The number of ether oxygens (including phenoxy) is 3. The summed E-state index contributed by atoms with van der Waals surface area (Å²) in [6.07, 6.45) is 0.673. The van der Waals surface area contributed by atoms with Crippen molar-refractivity contribution < 1.29 is 19.0 Å². The largest absolute Gasteiger partial charge is 0.497 e. The van der Waals surface area contributed by atoms with Crippen LogP contribution in [0.25, 0.3) is 0 Å². The number of thioether (sulfide) groups is 1. The SMILES string of the molecule is COc1cccc(CN2CCc3nc(SCC(=O)Nc4cc(OC)cc(OC)c4)[nH]c(=O)c3C2)c1. The maximum atomic E-state index is 12.8. The van der Waals surface area contributed by atoms with Gasteiger partial charge in [-0.15, -0.1) is 0 Å². The molecule has 2 heterocycles. The zero-order valence-corrected chi connectivity index (χ0v) is 20.7. The van der Waals surface area contributed by atoms with E-state index in [1.54, 1.807) is 39.5 Å². The zero-order valence-electron chi connectivity index (χ0n) is 19.9. The first kappa shape index (κ1) is 24.6. The van der Waals surface area contributed by atoms with Gasteiger partial charge in [-0.2, -0.15) is 0 Å². The summed E-state index contributed by atoms with van der Waals surface area (Å²) in [5, 5.41) is 3.26. The number of carbonyl (C=O) groups excluding carboxylic acids is 1. The molecule has 1 aliphatic heterocycles. The van der Waals surface area contributed by atoms with Crippen LogP contribution in [-0.2, 0) is 24.3 Å². The summed E-state index contributed by atoms with van der Waals surface area (Å²) < 4.78 is 15.8. The standard InChI is InChI=1S/C25H28N4O5S/c1-32-18-6-4-5-16(9-18)13-29-8-7-22-21(14-29)24(31)28-25(27-22)35-15-23(30)26-17-10-19(33-2)12-20(11-17)34-3/h4-6,9-12H,7-8,13-15H2,1-3H3,(H,26,30)(H,27,28,31). The van der Waals surface area contributed by atoms with Crippen molar-refractivity contribution in [2.75, 3.05) is 38.9 Å². The van der Waals surface area contributed by atoms with Crippen LogP contribution in [0.5, 0.6) is 17.2 Å². The Morgan fingerprint density at radius 2 is 1.83 bits per heavy atom. The van der Waals surface area contributed by atoms with Crippen LogP contribution in [0.1, 0.15) is 16.8 Å². The van der Waals surface area contributed by atoms with Crippen molar-refractivity contribution in [1.29, 1.82) is 0 Å². The molecular formula is C25H28N4O5S. The molecule has 0 saturated carbocycles. The fraction of sp³-hybridized carbons (Fsp3) is 0.320. The minimum atomic E-state index is -0.227. The number of methoxy groups -OCH3 is 3. The van der Waals surface area contributed by atoms with E-state index in [9.17, 15) is 9.59 Å². The number of hydrogen-bond acceptors (Lipinski definition) is 8. The second-order valence-electron chi connectivity index (χ2n) is 8.05. The van der Waals surface area contributed by atoms with Gasteiger partial charge in [0.25, 0.3) is 5.56 Å². The highest BCUT2D eigenvalue weighted by Crippen LogP contribution is 2.26. The zero-order chi connectivity index (χ0) is 24.8. The predicted molar refractivity (Wildman–Crippen MR) is 135 cm³/mol. The molecule has 4 rings (SSSR count).